The van der Waals surface area contributed by atoms with Crippen LogP contribution in [0.15, 0.2) is 109 Å². The van der Waals surface area contributed by atoms with Gasteiger partial charge in [-0.15, -0.1) is 0 Å². The van der Waals surface area contributed by atoms with Gasteiger partial charge in [-0.1, -0.05) is 180 Å². The van der Waals surface area contributed by atoms with Gasteiger partial charge >= 0.3 is 0 Å². The second kappa shape index (κ2) is 20.2. The Morgan fingerprint density at radius 1 is 0.152 bits per heavy atom. The lowest BCUT2D eigenvalue weighted by Crippen LogP contribution is -2.06. The second-order valence-corrected chi connectivity index (χ2v) is 17.4. The van der Waals surface area contributed by atoms with E-state index in [-0.39, 0.29) is 0 Å². The van der Waals surface area contributed by atoms with E-state index in [1.807, 2.05) is 0 Å². The van der Waals surface area contributed by atoms with Gasteiger partial charge in [0.05, 0.1) is 33.4 Å². The zero-order valence-electron chi connectivity index (χ0n) is 40.4. The van der Waals surface area contributed by atoms with Crippen molar-refractivity contribution in [2.45, 2.75) is 83.1 Å². The van der Waals surface area contributed by atoms with Gasteiger partial charge in [0.15, 0.2) is 0 Å². The van der Waals surface area contributed by atoms with E-state index in [0.717, 1.165) is 100 Å². The van der Waals surface area contributed by atoms with Crippen molar-refractivity contribution in [2.24, 2.45) is 0 Å². The molecule has 0 heterocycles. The van der Waals surface area contributed by atoms with Crippen molar-refractivity contribution in [3.8, 4) is 71.0 Å². The van der Waals surface area contributed by atoms with Gasteiger partial charge in [0.1, 0.15) is 0 Å². The van der Waals surface area contributed by atoms with Gasteiger partial charge in [0.25, 0.3) is 0 Å². The molecule has 0 bridgehead atoms. The molecule has 0 unspecified atom stereocenters. The number of hydrogen-bond donors (Lipinski definition) is 0. The molecule has 0 fully saturated rings. The summed E-state index contributed by atoms with van der Waals surface area (Å²) in [7, 11) is 0. The van der Waals surface area contributed by atoms with Crippen molar-refractivity contribution in [3.63, 3.8) is 0 Å². The normalized spacial score (nSPS) is 10.0. The fraction of sp³-hybridized carbons (Fsp3) is 0.182. The topological polar surface area (TPSA) is 0 Å². The Morgan fingerprint density at radius 3 is 0.348 bits per heavy atom. The molecule has 0 saturated carbocycles. The van der Waals surface area contributed by atoms with Crippen molar-refractivity contribution in [2.75, 3.05) is 0 Å². The highest BCUT2D eigenvalue weighted by atomic mass is 14.2. The van der Waals surface area contributed by atoms with Crippen LogP contribution in [0, 0.1) is 154 Å². The summed E-state index contributed by atoms with van der Waals surface area (Å²) in [5, 5.41) is 0. The molecular weight excluding hydrogens is 793 g/mol. The van der Waals surface area contributed by atoms with Crippen LogP contribution < -0.4 is 0 Å². The van der Waals surface area contributed by atoms with Crippen LogP contribution in [0.2, 0.25) is 0 Å². The molecule has 0 aliphatic rings. The van der Waals surface area contributed by atoms with Crippen LogP contribution in [0.3, 0.4) is 0 Å². The fourth-order valence-corrected chi connectivity index (χ4v) is 8.32. The van der Waals surface area contributed by atoms with Crippen LogP contribution in [0.25, 0.3) is 0 Å². The van der Waals surface area contributed by atoms with Crippen LogP contribution in [-0.2, 0) is 0 Å². The smallest absolute Gasteiger partial charge is 0.0588 e. The molecule has 7 aromatic rings. The third-order valence-corrected chi connectivity index (χ3v) is 12.3. The Labute approximate surface area is 395 Å². The van der Waals surface area contributed by atoms with Gasteiger partial charge < -0.3 is 0 Å². The van der Waals surface area contributed by atoms with Crippen molar-refractivity contribution < 1.29 is 0 Å². The number of hydrogen-bond acceptors (Lipinski definition) is 0. The van der Waals surface area contributed by atoms with Gasteiger partial charge in [-0.05, 0) is 150 Å². The molecule has 7 rings (SSSR count). The van der Waals surface area contributed by atoms with Crippen LogP contribution in [0.5, 0.6) is 0 Å². The maximum absolute atomic E-state index is 3.71. The van der Waals surface area contributed by atoms with Crippen LogP contribution >= 0.6 is 0 Å². The number of aryl methyl sites for hydroxylation is 12. The highest BCUT2D eigenvalue weighted by Crippen LogP contribution is 2.30. The molecule has 0 saturated heterocycles. The first-order chi connectivity index (χ1) is 31.7. The first-order valence-corrected chi connectivity index (χ1v) is 22.5. The average Bonchev–Trinajstić information content (AvgIpc) is 3.26. The molecule has 0 atom stereocenters. The molecule has 0 aliphatic carbocycles. The summed E-state index contributed by atoms with van der Waals surface area (Å²) in [5.74, 6) is 44.1. The maximum atomic E-state index is 3.71. The van der Waals surface area contributed by atoms with Crippen LogP contribution in [-0.4, -0.2) is 0 Å². The summed E-state index contributed by atoms with van der Waals surface area (Å²) in [6.07, 6.45) is 0. The van der Waals surface area contributed by atoms with Gasteiger partial charge in [0.2, 0.25) is 0 Å². The monoisotopic (exact) mass is 846 g/mol. The van der Waals surface area contributed by atoms with Crippen LogP contribution in [0.1, 0.15) is 134 Å². The third kappa shape index (κ3) is 9.98. The molecule has 66 heavy (non-hydrogen) atoms. The Balaban J connectivity index is 1.79. The lowest BCUT2D eigenvalue weighted by Gasteiger charge is -2.14. The van der Waals surface area contributed by atoms with E-state index in [1.54, 1.807) is 0 Å². The summed E-state index contributed by atoms with van der Waals surface area (Å²) in [6.45, 7) is 25.3. The molecular formula is C66H54. The summed E-state index contributed by atoms with van der Waals surface area (Å²) < 4.78 is 0. The average molecular weight is 847 g/mol. The predicted octanol–water partition coefficient (Wildman–Crippen LogP) is 13.8. The Morgan fingerprint density at radius 2 is 0.242 bits per heavy atom. The molecule has 0 amide bonds. The van der Waals surface area contributed by atoms with Crippen molar-refractivity contribution >= 4 is 0 Å². The summed E-state index contributed by atoms with van der Waals surface area (Å²) >= 11 is 0. The van der Waals surface area contributed by atoms with E-state index in [1.165, 1.54) is 0 Å². The second-order valence-electron chi connectivity index (χ2n) is 17.4. The quantitative estimate of drug-likeness (QED) is 0.133. The predicted molar refractivity (Wildman–Crippen MR) is 278 cm³/mol. The molecule has 0 N–H and O–H groups in total. The zero-order chi connectivity index (χ0) is 47.1. The molecule has 7 aromatic carbocycles. The maximum Gasteiger partial charge on any atom is 0.0588 e. The highest BCUT2D eigenvalue weighted by Gasteiger charge is 2.21. The van der Waals surface area contributed by atoms with Crippen molar-refractivity contribution in [3.05, 3.63) is 243 Å². The van der Waals surface area contributed by atoms with E-state index < -0.39 is 0 Å². The lowest BCUT2D eigenvalue weighted by atomic mass is 9.85. The fourth-order valence-electron chi connectivity index (χ4n) is 8.32. The Hall–Kier alpha value is -8.10. The molecule has 0 aliphatic heterocycles. The number of rotatable bonds is 0. The molecule has 318 valence electrons. The van der Waals surface area contributed by atoms with Gasteiger partial charge in [-0.25, -0.2) is 0 Å². The molecule has 0 heteroatoms. The summed E-state index contributed by atoms with van der Waals surface area (Å²) in [5.41, 5.74) is 22.9. The standard InChI is InChI=1S/C66H54/c1-43-19-13-20-44(2)55(43)31-37-61-62(38-32-56-45(3)21-14-22-46(56)4)64(40-34-58-49(7)25-16-26-50(58)8)66(42-36-60-53(11)29-18-30-54(60)12)65(41-35-59-51(9)27-17-28-52(59)10)63(61)39-33-57-47(5)23-15-24-48(57)6/h13-30H,1-12H3. The Bertz CT molecular complexity index is 2760. The van der Waals surface area contributed by atoms with Gasteiger partial charge in [-0.2, -0.15) is 0 Å². The van der Waals surface area contributed by atoms with E-state index in [9.17, 15) is 0 Å². The van der Waals surface area contributed by atoms with E-state index in [4.69, 9.17) is 0 Å². The first kappa shape index (κ1) is 45.9. The minimum atomic E-state index is 0.671. The highest BCUT2D eigenvalue weighted by molar-refractivity contribution is 5.79. The van der Waals surface area contributed by atoms with E-state index in [2.05, 4.69) is 263 Å². The largest absolute Gasteiger partial charge is 0.0617 e. The summed E-state index contributed by atoms with van der Waals surface area (Å²) in [6, 6.07) is 37.7. The van der Waals surface area contributed by atoms with Gasteiger partial charge in [0, 0.05) is 33.4 Å². The van der Waals surface area contributed by atoms with Gasteiger partial charge in [-0.3, -0.25) is 0 Å². The SMILES string of the molecule is Cc1cccc(C)c1C#Cc1c(C#Cc2c(C)cccc2C)c(C#Cc2c(C)cccc2C)c(C#Cc2c(C)cccc2C)c(C#Cc2c(C)cccc2C)c1C#Cc1c(C)cccc1C. The van der Waals surface area contributed by atoms with Crippen molar-refractivity contribution in [1.82, 2.24) is 0 Å². The minimum Gasteiger partial charge on any atom is -0.0617 e. The number of benzene rings is 7. The lowest BCUT2D eigenvalue weighted by molar-refractivity contribution is 1.34. The minimum absolute atomic E-state index is 0.671. The molecule has 0 spiro atoms. The Kier molecular flexibility index (Phi) is 14.0. The van der Waals surface area contributed by atoms with E-state index >= 15 is 0 Å². The zero-order valence-corrected chi connectivity index (χ0v) is 40.4. The molecule has 0 aromatic heterocycles. The van der Waals surface area contributed by atoms with E-state index in [0.29, 0.717) is 33.4 Å². The summed E-state index contributed by atoms with van der Waals surface area (Å²) in [4.78, 5) is 0. The molecule has 0 radical (unpaired) electrons. The van der Waals surface area contributed by atoms with Crippen LogP contribution in [0.4, 0.5) is 0 Å². The first-order valence-electron chi connectivity index (χ1n) is 22.5. The van der Waals surface area contributed by atoms with Crippen molar-refractivity contribution in [1.29, 1.82) is 0 Å². The third-order valence-electron chi connectivity index (χ3n) is 12.3. The molecule has 0 nitrogen and oxygen atoms in total.